The Balaban J connectivity index is 1.80. The van der Waals surface area contributed by atoms with Gasteiger partial charge in [-0.15, -0.1) is 11.8 Å². The Labute approximate surface area is 182 Å². The van der Waals surface area contributed by atoms with Gasteiger partial charge in [-0.05, 0) is 48.7 Å². The predicted octanol–water partition coefficient (Wildman–Crippen LogP) is 5.40. The number of rotatable bonds is 8. The van der Waals surface area contributed by atoms with Gasteiger partial charge in [0.2, 0.25) is 5.91 Å². The molecule has 0 aliphatic carbocycles. The highest BCUT2D eigenvalue weighted by molar-refractivity contribution is 8.00. The van der Waals surface area contributed by atoms with Crippen LogP contribution in [0.4, 0.5) is 0 Å². The van der Waals surface area contributed by atoms with E-state index in [4.69, 9.17) is 9.47 Å². The number of methoxy groups -OCH3 is 2. The van der Waals surface area contributed by atoms with Crippen molar-refractivity contribution in [3.63, 3.8) is 0 Å². The molecule has 3 aromatic carbocycles. The highest BCUT2D eigenvalue weighted by atomic mass is 32.2. The number of nitrogens with one attached hydrogen (secondary N) is 1. The maximum Gasteiger partial charge on any atom is 0.233 e. The summed E-state index contributed by atoms with van der Waals surface area (Å²) in [7, 11) is 3.21. The molecule has 0 aliphatic rings. The monoisotopic (exact) mass is 421 g/mol. The zero-order chi connectivity index (χ0) is 21.5. The van der Waals surface area contributed by atoms with Crippen molar-refractivity contribution < 1.29 is 14.3 Å². The molecule has 0 unspecified atom stereocenters. The molecule has 3 aromatic rings. The quantitative estimate of drug-likeness (QED) is 0.495. The second-order valence-corrected chi connectivity index (χ2v) is 8.40. The van der Waals surface area contributed by atoms with Gasteiger partial charge in [0.1, 0.15) is 0 Å². The van der Waals surface area contributed by atoms with Crippen LogP contribution >= 0.6 is 11.8 Å². The van der Waals surface area contributed by atoms with E-state index in [1.807, 2.05) is 67.6 Å². The zero-order valence-corrected chi connectivity index (χ0v) is 18.5. The SMILES string of the molecule is COc1ccc(S[C@@H](C)C(=O)N[C@H](c2ccccc2)c2ccccc2C)cc1OC. The molecule has 3 rings (SSSR count). The fourth-order valence-electron chi connectivity index (χ4n) is 3.30. The maximum atomic E-state index is 13.1. The smallest absolute Gasteiger partial charge is 0.233 e. The highest BCUT2D eigenvalue weighted by Gasteiger charge is 2.22. The molecular weight excluding hydrogens is 394 g/mol. The number of hydrogen-bond donors (Lipinski definition) is 1. The summed E-state index contributed by atoms with van der Waals surface area (Å²) in [5.41, 5.74) is 3.30. The van der Waals surface area contributed by atoms with Gasteiger partial charge >= 0.3 is 0 Å². The number of hydrogen-bond acceptors (Lipinski definition) is 4. The number of carbonyl (C=O) groups is 1. The van der Waals surface area contributed by atoms with E-state index in [1.165, 1.54) is 11.8 Å². The largest absolute Gasteiger partial charge is 0.493 e. The van der Waals surface area contributed by atoms with E-state index in [0.717, 1.165) is 21.6 Å². The zero-order valence-electron chi connectivity index (χ0n) is 17.7. The van der Waals surface area contributed by atoms with Gasteiger partial charge < -0.3 is 14.8 Å². The second kappa shape index (κ2) is 10.2. The molecule has 0 spiro atoms. The summed E-state index contributed by atoms with van der Waals surface area (Å²) in [5.74, 6) is 1.30. The van der Waals surface area contributed by atoms with Crippen LogP contribution in [0.3, 0.4) is 0 Å². The molecule has 1 N–H and O–H groups in total. The van der Waals surface area contributed by atoms with Gasteiger partial charge in [0, 0.05) is 4.90 Å². The maximum absolute atomic E-state index is 13.1. The molecule has 2 atom stereocenters. The number of ether oxygens (including phenoxy) is 2. The normalized spacial score (nSPS) is 12.7. The van der Waals surface area contributed by atoms with E-state index < -0.39 is 0 Å². The van der Waals surface area contributed by atoms with Crippen LogP contribution in [-0.4, -0.2) is 25.4 Å². The van der Waals surface area contributed by atoms with Crippen molar-refractivity contribution in [2.24, 2.45) is 0 Å². The summed E-state index contributed by atoms with van der Waals surface area (Å²) in [5, 5.41) is 2.97. The summed E-state index contributed by atoms with van der Waals surface area (Å²) in [4.78, 5) is 14.1. The minimum Gasteiger partial charge on any atom is -0.493 e. The third kappa shape index (κ3) is 5.16. The fraction of sp³-hybridized carbons (Fsp3) is 0.240. The van der Waals surface area contributed by atoms with Gasteiger partial charge in [-0.2, -0.15) is 0 Å². The Hall–Kier alpha value is -2.92. The van der Waals surface area contributed by atoms with Crippen molar-refractivity contribution in [2.75, 3.05) is 14.2 Å². The first-order valence-corrected chi connectivity index (χ1v) is 10.7. The Kier molecular flexibility index (Phi) is 7.41. The Bertz CT molecular complexity index is 991. The first-order chi connectivity index (χ1) is 14.5. The van der Waals surface area contributed by atoms with Crippen LogP contribution < -0.4 is 14.8 Å². The van der Waals surface area contributed by atoms with Crippen LogP contribution in [-0.2, 0) is 4.79 Å². The van der Waals surface area contributed by atoms with Gasteiger partial charge in [0.15, 0.2) is 11.5 Å². The fourth-order valence-corrected chi connectivity index (χ4v) is 4.21. The molecule has 0 saturated heterocycles. The molecule has 1 amide bonds. The highest BCUT2D eigenvalue weighted by Crippen LogP contribution is 2.34. The molecule has 5 heteroatoms. The molecular formula is C25H27NO3S. The van der Waals surface area contributed by atoms with Crippen molar-refractivity contribution in [1.82, 2.24) is 5.32 Å². The molecule has 0 heterocycles. The standard InChI is InChI=1S/C25H27NO3S/c1-17-10-8-9-13-21(17)24(19-11-6-5-7-12-19)26-25(27)18(2)30-20-14-15-22(28-3)23(16-20)29-4/h5-16,18,24H,1-4H3,(H,26,27)/t18-,24+/m0/s1. The van der Waals surface area contributed by atoms with Crippen LogP contribution in [0, 0.1) is 6.92 Å². The van der Waals surface area contributed by atoms with E-state index in [2.05, 4.69) is 24.4 Å². The summed E-state index contributed by atoms with van der Waals surface area (Å²) in [6.45, 7) is 3.98. The summed E-state index contributed by atoms with van der Waals surface area (Å²) >= 11 is 1.49. The minimum absolute atomic E-state index is 0.0214. The number of aryl methyl sites for hydroxylation is 1. The van der Waals surface area contributed by atoms with E-state index in [-0.39, 0.29) is 17.2 Å². The number of benzene rings is 3. The van der Waals surface area contributed by atoms with Gasteiger partial charge in [-0.3, -0.25) is 4.79 Å². The summed E-state index contributed by atoms with van der Waals surface area (Å²) < 4.78 is 10.7. The number of thioether (sulfide) groups is 1. The second-order valence-electron chi connectivity index (χ2n) is 6.99. The molecule has 156 valence electrons. The Morgan fingerprint density at radius 1 is 0.900 bits per heavy atom. The number of carbonyl (C=O) groups excluding carboxylic acids is 1. The van der Waals surface area contributed by atoms with Gasteiger partial charge in [-0.25, -0.2) is 0 Å². The third-order valence-electron chi connectivity index (χ3n) is 4.96. The Morgan fingerprint density at radius 2 is 1.57 bits per heavy atom. The van der Waals surface area contributed by atoms with E-state index in [9.17, 15) is 4.79 Å². The molecule has 0 bridgehead atoms. The average Bonchev–Trinajstić information content (AvgIpc) is 2.78. The number of amides is 1. The minimum atomic E-state index is -0.279. The van der Waals surface area contributed by atoms with Crippen molar-refractivity contribution in [1.29, 1.82) is 0 Å². The van der Waals surface area contributed by atoms with E-state index in [0.29, 0.717) is 11.5 Å². The topological polar surface area (TPSA) is 47.6 Å². The van der Waals surface area contributed by atoms with Crippen LogP contribution in [0.1, 0.15) is 29.7 Å². The Morgan fingerprint density at radius 3 is 2.23 bits per heavy atom. The first-order valence-electron chi connectivity index (χ1n) is 9.83. The molecule has 30 heavy (non-hydrogen) atoms. The lowest BCUT2D eigenvalue weighted by atomic mass is 9.95. The lowest BCUT2D eigenvalue weighted by molar-refractivity contribution is -0.120. The molecule has 4 nitrogen and oxygen atoms in total. The average molecular weight is 422 g/mol. The molecule has 0 aliphatic heterocycles. The predicted molar refractivity (Wildman–Crippen MR) is 122 cm³/mol. The lowest BCUT2D eigenvalue weighted by Gasteiger charge is -2.23. The van der Waals surface area contributed by atoms with Crippen LogP contribution in [0.15, 0.2) is 77.7 Å². The van der Waals surface area contributed by atoms with E-state index >= 15 is 0 Å². The van der Waals surface area contributed by atoms with Crippen LogP contribution in [0.2, 0.25) is 0 Å². The van der Waals surface area contributed by atoms with Gasteiger partial charge in [0.05, 0.1) is 25.5 Å². The first kappa shape index (κ1) is 21.8. The molecule has 0 fully saturated rings. The summed E-state index contributed by atoms with van der Waals surface area (Å²) in [6.07, 6.45) is 0. The van der Waals surface area contributed by atoms with Gasteiger partial charge in [0.25, 0.3) is 0 Å². The molecule has 0 radical (unpaired) electrons. The third-order valence-corrected chi connectivity index (χ3v) is 6.05. The lowest BCUT2D eigenvalue weighted by Crippen LogP contribution is -2.35. The van der Waals surface area contributed by atoms with Crippen molar-refractivity contribution in [2.45, 2.75) is 30.0 Å². The summed E-state index contributed by atoms with van der Waals surface area (Å²) in [6, 6.07) is 23.7. The van der Waals surface area contributed by atoms with Crippen molar-refractivity contribution in [3.05, 3.63) is 89.5 Å². The van der Waals surface area contributed by atoms with E-state index in [1.54, 1.807) is 14.2 Å². The van der Waals surface area contributed by atoms with Crippen molar-refractivity contribution in [3.8, 4) is 11.5 Å². The molecule has 0 aromatic heterocycles. The van der Waals surface area contributed by atoms with Gasteiger partial charge in [-0.1, -0.05) is 54.6 Å². The van der Waals surface area contributed by atoms with Crippen LogP contribution in [0.5, 0.6) is 11.5 Å². The molecule has 0 saturated carbocycles. The van der Waals surface area contributed by atoms with Crippen molar-refractivity contribution >= 4 is 17.7 Å². The van der Waals surface area contributed by atoms with Crippen LogP contribution in [0.25, 0.3) is 0 Å².